The Morgan fingerprint density at radius 2 is 1.89 bits per heavy atom. The Bertz CT molecular complexity index is 1040. The molecule has 146 valence electrons. The summed E-state index contributed by atoms with van der Waals surface area (Å²) >= 11 is 0. The molecule has 1 fully saturated rings. The van der Waals surface area contributed by atoms with E-state index in [0.29, 0.717) is 13.0 Å². The highest BCUT2D eigenvalue weighted by Gasteiger charge is 2.27. The lowest BCUT2D eigenvalue weighted by Crippen LogP contribution is -2.29. The molecule has 1 aliphatic heterocycles. The number of hydrogen-bond acceptors (Lipinski definition) is 5. The fraction of sp³-hybridized carbons (Fsp3) is 0.286. The van der Waals surface area contributed by atoms with Crippen LogP contribution in [0.15, 0.2) is 60.8 Å². The van der Waals surface area contributed by atoms with Gasteiger partial charge in [0.05, 0.1) is 30.0 Å². The predicted molar refractivity (Wildman–Crippen MR) is 109 cm³/mol. The molecule has 28 heavy (non-hydrogen) atoms. The lowest BCUT2D eigenvalue weighted by Gasteiger charge is -2.10. The van der Waals surface area contributed by atoms with E-state index in [4.69, 9.17) is 9.84 Å². The largest absolute Gasteiger partial charge is 0.497 e. The summed E-state index contributed by atoms with van der Waals surface area (Å²) in [6, 6.07) is 17.7. The minimum atomic E-state index is -2.90. The molecule has 2 aromatic carbocycles. The van der Waals surface area contributed by atoms with Gasteiger partial charge in [0, 0.05) is 29.9 Å². The van der Waals surface area contributed by atoms with Crippen molar-refractivity contribution < 1.29 is 13.2 Å². The second kappa shape index (κ2) is 7.77. The van der Waals surface area contributed by atoms with Crippen molar-refractivity contribution in [2.45, 2.75) is 19.0 Å². The predicted octanol–water partition coefficient (Wildman–Crippen LogP) is 2.82. The summed E-state index contributed by atoms with van der Waals surface area (Å²) < 4.78 is 30.6. The number of nitrogens with zero attached hydrogens (tertiary/aromatic N) is 2. The lowest BCUT2D eigenvalue weighted by molar-refractivity contribution is 0.415. The Kier molecular flexibility index (Phi) is 5.19. The number of rotatable bonds is 6. The third-order valence-electron chi connectivity index (χ3n) is 4.99. The molecule has 1 aromatic heterocycles. The van der Waals surface area contributed by atoms with Crippen LogP contribution < -0.4 is 10.1 Å². The van der Waals surface area contributed by atoms with Crippen LogP contribution in [0.1, 0.15) is 12.0 Å². The number of para-hydroxylation sites is 1. The SMILES string of the molecule is COc1ccc(-c2nn(-c3ccccc3)cc2CNC2CCS(=O)(=O)C2)cc1. The number of nitrogens with one attached hydrogen (secondary N) is 1. The van der Waals surface area contributed by atoms with Gasteiger partial charge in [-0.2, -0.15) is 5.10 Å². The van der Waals surface area contributed by atoms with Crippen molar-refractivity contribution in [2.75, 3.05) is 18.6 Å². The van der Waals surface area contributed by atoms with Gasteiger partial charge in [-0.25, -0.2) is 13.1 Å². The van der Waals surface area contributed by atoms with Crippen LogP contribution in [0, 0.1) is 0 Å². The molecule has 1 N–H and O–H groups in total. The summed E-state index contributed by atoms with van der Waals surface area (Å²) in [5, 5.41) is 8.19. The topological polar surface area (TPSA) is 73.2 Å². The van der Waals surface area contributed by atoms with E-state index in [1.54, 1.807) is 7.11 Å². The van der Waals surface area contributed by atoms with Crippen molar-refractivity contribution >= 4 is 9.84 Å². The number of ether oxygens (including phenoxy) is 1. The van der Waals surface area contributed by atoms with Crippen LogP contribution in [-0.4, -0.2) is 42.9 Å². The number of hydrogen-bond donors (Lipinski definition) is 1. The molecular weight excluding hydrogens is 374 g/mol. The minimum Gasteiger partial charge on any atom is -0.497 e. The van der Waals surface area contributed by atoms with E-state index < -0.39 is 9.84 Å². The van der Waals surface area contributed by atoms with Crippen LogP contribution in [0.3, 0.4) is 0 Å². The maximum Gasteiger partial charge on any atom is 0.151 e. The second-order valence-electron chi connectivity index (χ2n) is 6.99. The molecule has 2 heterocycles. The van der Waals surface area contributed by atoms with Gasteiger partial charge in [-0.05, 0) is 42.8 Å². The van der Waals surface area contributed by atoms with Crippen molar-refractivity contribution in [1.29, 1.82) is 0 Å². The first-order valence-corrected chi connectivity index (χ1v) is 11.1. The third kappa shape index (κ3) is 4.10. The van der Waals surface area contributed by atoms with E-state index in [9.17, 15) is 8.42 Å². The molecule has 1 atom stereocenters. The van der Waals surface area contributed by atoms with Crippen LogP contribution in [0.2, 0.25) is 0 Å². The van der Waals surface area contributed by atoms with Gasteiger partial charge in [0.2, 0.25) is 0 Å². The van der Waals surface area contributed by atoms with Gasteiger partial charge in [-0.15, -0.1) is 0 Å². The van der Waals surface area contributed by atoms with Crippen LogP contribution in [0.25, 0.3) is 16.9 Å². The summed E-state index contributed by atoms with van der Waals surface area (Å²) in [6.07, 6.45) is 2.67. The molecule has 0 aliphatic carbocycles. The van der Waals surface area contributed by atoms with Crippen LogP contribution in [0.4, 0.5) is 0 Å². The van der Waals surface area contributed by atoms with Crippen molar-refractivity contribution in [3.63, 3.8) is 0 Å². The quantitative estimate of drug-likeness (QED) is 0.692. The molecule has 6 nitrogen and oxygen atoms in total. The average molecular weight is 398 g/mol. The van der Waals surface area contributed by atoms with Gasteiger partial charge < -0.3 is 10.1 Å². The summed E-state index contributed by atoms with van der Waals surface area (Å²) in [6.45, 7) is 0.564. The smallest absolute Gasteiger partial charge is 0.151 e. The number of sulfone groups is 1. The number of aromatic nitrogens is 2. The van der Waals surface area contributed by atoms with E-state index in [-0.39, 0.29) is 17.5 Å². The van der Waals surface area contributed by atoms with Crippen molar-refractivity contribution in [1.82, 2.24) is 15.1 Å². The van der Waals surface area contributed by atoms with Gasteiger partial charge >= 0.3 is 0 Å². The molecule has 1 saturated heterocycles. The van der Waals surface area contributed by atoms with E-state index >= 15 is 0 Å². The molecule has 4 rings (SSSR count). The van der Waals surface area contributed by atoms with E-state index in [0.717, 1.165) is 28.3 Å². The van der Waals surface area contributed by atoms with E-state index in [1.807, 2.05) is 65.5 Å². The normalized spacial score (nSPS) is 18.2. The highest BCUT2D eigenvalue weighted by atomic mass is 32.2. The van der Waals surface area contributed by atoms with Gasteiger partial charge in [0.1, 0.15) is 5.75 Å². The molecule has 1 aliphatic rings. The van der Waals surface area contributed by atoms with Gasteiger partial charge in [0.15, 0.2) is 9.84 Å². The minimum absolute atomic E-state index is 0.00575. The Labute approximate surface area is 165 Å². The zero-order valence-corrected chi connectivity index (χ0v) is 16.5. The Balaban J connectivity index is 1.63. The fourth-order valence-electron chi connectivity index (χ4n) is 3.45. The zero-order valence-electron chi connectivity index (χ0n) is 15.7. The first-order chi connectivity index (χ1) is 13.5. The molecular formula is C21H23N3O3S. The van der Waals surface area contributed by atoms with Crippen LogP contribution in [-0.2, 0) is 16.4 Å². The number of methoxy groups -OCH3 is 1. The molecule has 3 aromatic rings. The maximum atomic E-state index is 11.7. The number of benzene rings is 2. The standard InChI is InChI=1S/C21H23N3O3S/c1-27-20-9-7-16(8-10-20)21-17(13-22-18-11-12-28(25,26)15-18)14-24(23-21)19-5-3-2-4-6-19/h2-10,14,18,22H,11-13,15H2,1H3. The van der Waals surface area contributed by atoms with Crippen molar-refractivity contribution in [3.8, 4) is 22.7 Å². The van der Waals surface area contributed by atoms with Gasteiger partial charge in [-0.1, -0.05) is 18.2 Å². The monoisotopic (exact) mass is 397 g/mol. The Morgan fingerprint density at radius 1 is 1.14 bits per heavy atom. The second-order valence-corrected chi connectivity index (χ2v) is 9.22. The summed E-state index contributed by atoms with van der Waals surface area (Å²) in [5.41, 5.74) is 3.87. The molecule has 0 saturated carbocycles. The van der Waals surface area contributed by atoms with Crippen molar-refractivity contribution in [2.24, 2.45) is 0 Å². The summed E-state index contributed by atoms with van der Waals surface area (Å²) in [4.78, 5) is 0. The first kappa shape index (κ1) is 18.7. The van der Waals surface area contributed by atoms with E-state index in [1.165, 1.54) is 0 Å². The molecule has 1 unspecified atom stereocenters. The highest BCUT2D eigenvalue weighted by molar-refractivity contribution is 7.91. The van der Waals surface area contributed by atoms with Crippen molar-refractivity contribution in [3.05, 3.63) is 66.4 Å². The molecule has 0 radical (unpaired) electrons. The zero-order chi connectivity index (χ0) is 19.6. The highest BCUT2D eigenvalue weighted by Crippen LogP contribution is 2.26. The first-order valence-electron chi connectivity index (χ1n) is 9.26. The molecule has 7 heteroatoms. The fourth-order valence-corrected chi connectivity index (χ4v) is 5.16. The Morgan fingerprint density at radius 3 is 2.54 bits per heavy atom. The Hall–Kier alpha value is -2.64. The summed E-state index contributed by atoms with van der Waals surface area (Å²) in [7, 11) is -1.26. The molecule has 0 amide bonds. The maximum absolute atomic E-state index is 11.7. The molecule has 0 spiro atoms. The van der Waals surface area contributed by atoms with E-state index in [2.05, 4.69) is 5.32 Å². The molecule has 0 bridgehead atoms. The lowest BCUT2D eigenvalue weighted by atomic mass is 10.1. The third-order valence-corrected chi connectivity index (χ3v) is 6.76. The van der Waals surface area contributed by atoms with Gasteiger partial charge in [-0.3, -0.25) is 0 Å². The van der Waals surface area contributed by atoms with Gasteiger partial charge in [0.25, 0.3) is 0 Å². The average Bonchev–Trinajstić information content (AvgIpc) is 3.30. The van der Waals surface area contributed by atoms with Crippen LogP contribution >= 0.6 is 0 Å². The van der Waals surface area contributed by atoms with Crippen LogP contribution in [0.5, 0.6) is 5.75 Å². The summed E-state index contributed by atoms with van der Waals surface area (Å²) in [5.74, 6) is 1.26.